The van der Waals surface area contributed by atoms with E-state index in [0.717, 1.165) is 17.7 Å². The van der Waals surface area contributed by atoms with Crippen LogP contribution in [0, 0.1) is 5.41 Å². The first-order valence-electron chi connectivity index (χ1n) is 11.0. The van der Waals surface area contributed by atoms with Gasteiger partial charge in [-0.05, 0) is 68.6 Å². The van der Waals surface area contributed by atoms with E-state index in [4.69, 9.17) is 14.2 Å². The van der Waals surface area contributed by atoms with Gasteiger partial charge >= 0.3 is 12.1 Å². The van der Waals surface area contributed by atoms with Crippen LogP contribution in [0.5, 0.6) is 11.5 Å². The number of hydrogen-bond donors (Lipinski definition) is 0. The second-order valence-corrected chi connectivity index (χ2v) is 8.37. The van der Waals surface area contributed by atoms with Crippen molar-refractivity contribution >= 4 is 5.97 Å². The number of hydrogen-bond acceptors (Lipinski definition) is 5. The van der Waals surface area contributed by atoms with E-state index in [1.54, 1.807) is 33.3 Å². The molecule has 1 saturated heterocycles. The minimum absolute atomic E-state index is 0.219. The molecule has 5 nitrogen and oxygen atoms in total. The number of methoxy groups -OCH3 is 2. The van der Waals surface area contributed by atoms with Crippen molar-refractivity contribution in [3.05, 3.63) is 59.2 Å². The summed E-state index contributed by atoms with van der Waals surface area (Å²) < 4.78 is 55.5. The Morgan fingerprint density at radius 2 is 1.64 bits per heavy atom. The molecule has 33 heavy (non-hydrogen) atoms. The molecule has 0 atom stereocenters. The highest BCUT2D eigenvalue weighted by atomic mass is 19.4. The minimum Gasteiger partial charge on any atom is -0.497 e. The fraction of sp³-hybridized carbons (Fsp3) is 0.480. The van der Waals surface area contributed by atoms with Crippen LogP contribution >= 0.6 is 0 Å². The first-order valence-corrected chi connectivity index (χ1v) is 11.0. The fourth-order valence-corrected chi connectivity index (χ4v) is 4.34. The zero-order valence-corrected chi connectivity index (χ0v) is 19.2. The third kappa shape index (κ3) is 6.19. The van der Waals surface area contributed by atoms with E-state index in [0.29, 0.717) is 49.5 Å². The van der Waals surface area contributed by atoms with Crippen LogP contribution in [-0.4, -0.2) is 44.8 Å². The predicted molar refractivity (Wildman–Crippen MR) is 118 cm³/mol. The molecule has 0 N–H and O–H groups in total. The topological polar surface area (TPSA) is 48.0 Å². The van der Waals surface area contributed by atoms with Crippen molar-refractivity contribution < 1.29 is 32.2 Å². The van der Waals surface area contributed by atoms with Crippen molar-refractivity contribution in [3.8, 4) is 11.5 Å². The van der Waals surface area contributed by atoms with Gasteiger partial charge in [0, 0.05) is 12.6 Å². The number of nitrogens with zero attached hydrogens (tertiary/aromatic N) is 1. The summed E-state index contributed by atoms with van der Waals surface area (Å²) in [6.45, 7) is 3.86. The number of ether oxygens (including phenoxy) is 3. The average Bonchev–Trinajstić information content (AvgIpc) is 2.80. The lowest BCUT2D eigenvalue weighted by atomic mass is 9.73. The van der Waals surface area contributed by atoms with Crippen molar-refractivity contribution in [2.75, 3.05) is 33.9 Å². The van der Waals surface area contributed by atoms with Crippen LogP contribution in [-0.2, 0) is 28.7 Å². The molecular weight excluding hydrogens is 435 g/mol. The van der Waals surface area contributed by atoms with Gasteiger partial charge in [0.15, 0.2) is 0 Å². The smallest absolute Gasteiger partial charge is 0.416 e. The van der Waals surface area contributed by atoms with Crippen LogP contribution in [0.2, 0.25) is 0 Å². The Morgan fingerprint density at radius 3 is 2.18 bits per heavy atom. The zero-order chi connectivity index (χ0) is 24.1. The highest BCUT2D eigenvalue weighted by Gasteiger charge is 2.43. The average molecular weight is 466 g/mol. The molecule has 1 aliphatic heterocycles. The van der Waals surface area contributed by atoms with Crippen molar-refractivity contribution in [2.24, 2.45) is 5.41 Å². The van der Waals surface area contributed by atoms with Gasteiger partial charge < -0.3 is 14.2 Å². The molecule has 0 radical (unpaired) electrons. The number of piperidine rings is 1. The lowest BCUT2D eigenvalue weighted by molar-refractivity contribution is -0.158. The Bertz CT molecular complexity index is 931. The van der Waals surface area contributed by atoms with E-state index < -0.39 is 17.2 Å². The van der Waals surface area contributed by atoms with Gasteiger partial charge in [-0.25, -0.2) is 0 Å². The third-order valence-corrected chi connectivity index (χ3v) is 6.14. The SMILES string of the molecule is CCOC(=O)C1(Cc2cccc(C(F)(F)F)c2)CCN(Cc2cc(OC)cc(OC)c2)CC1. The molecule has 0 unspecified atom stereocenters. The second-order valence-electron chi connectivity index (χ2n) is 8.37. The first kappa shape index (κ1) is 24.9. The molecule has 2 aromatic carbocycles. The number of carbonyl (C=O) groups is 1. The van der Waals surface area contributed by atoms with Crippen LogP contribution in [0.3, 0.4) is 0 Å². The lowest BCUT2D eigenvalue weighted by Crippen LogP contribution is -2.46. The highest BCUT2D eigenvalue weighted by Crippen LogP contribution is 2.39. The summed E-state index contributed by atoms with van der Waals surface area (Å²) in [5.41, 5.74) is -0.0389. The number of esters is 1. The van der Waals surface area contributed by atoms with Gasteiger partial charge in [0.25, 0.3) is 0 Å². The van der Waals surface area contributed by atoms with E-state index in [1.807, 2.05) is 12.1 Å². The van der Waals surface area contributed by atoms with E-state index in [2.05, 4.69) is 4.90 Å². The molecule has 0 aliphatic carbocycles. The number of halogens is 3. The summed E-state index contributed by atoms with van der Waals surface area (Å²) in [6, 6.07) is 10.9. The number of rotatable bonds is 8. The Balaban J connectivity index is 1.76. The Hall–Kier alpha value is -2.74. The fourth-order valence-electron chi connectivity index (χ4n) is 4.34. The Kier molecular flexibility index (Phi) is 7.89. The summed E-state index contributed by atoms with van der Waals surface area (Å²) in [5, 5.41) is 0. The lowest BCUT2D eigenvalue weighted by Gasteiger charge is -2.40. The van der Waals surface area contributed by atoms with Gasteiger partial charge in [-0.15, -0.1) is 0 Å². The summed E-state index contributed by atoms with van der Waals surface area (Å²) in [5.74, 6) is 1.06. The van der Waals surface area contributed by atoms with Crippen molar-refractivity contribution in [3.63, 3.8) is 0 Å². The summed E-state index contributed by atoms with van der Waals surface area (Å²) in [4.78, 5) is 15.2. The normalized spacial score (nSPS) is 16.3. The molecule has 3 rings (SSSR count). The van der Waals surface area contributed by atoms with E-state index >= 15 is 0 Å². The van der Waals surface area contributed by atoms with Crippen molar-refractivity contribution in [1.82, 2.24) is 4.90 Å². The molecule has 2 aromatic rings. The Labute approximate surface area is 192 Å². The first-order chi connectivity index (χ1) is 15.7. The highest BCUT2D eigenvalue weighted by molar-refractivity contribution is 5.77. The van der Waals surface area contributed by atoms with Crippen LogP contribution in [0.15, 0.2) is 42.5 Å². The van der Waals surface area contributed by atoms with Gasteiger partial charge in [0.05, 0.1) is 31.8 Å². The third-order valence-electron chi connectivity index (χ3n) is 6.14. The summed E-state index contributed by atoms with van der Waals surface area (Å²) in [6.07, 6.45) is -3.20. The molecule has 180 valence electrons. The number of carbonyl (C=O) groups excluding carboxylic acids is 1. The monoisotopic (exact) mass is 465 g/mol. The number of benzene rings is 2. The van der Waals surface area contributed by atoms with E-state index in [1.165, 1.54) is 6.07 Å². The quantitative estimate of drug-likeness (QED) is 0.507. The number of likely N-dealkylation sites (tertiary alicyclic amines) is 1. The molecule has 0 bridgehead atoms. The molecule has 1 aliphatic rings. The van der Waals surface area contributed by atoms with Crippen LogP contribution < -0.4 is 9.47 Å². The maximum Gasteiger partial charge on any atom is 0.416 e. The van der Waals surface area contributed by atoms with Gasteiger partial charge in [-0.2, -0.15) is 13.2 Å². The van der Waals surface area contributed by atoms with E-state index in [-0.39, 0.29) is 19.0 Å². The molecule has 0 aromatic heterocycles. The summed E-state index contributed by atoms with van der Waals surface area (Å²) >= 11 is 0. The van der Waals surface area contributed by atoms with Crippen molar-refractivity contribution in [1.29, 1.82) is 0 Å². The summed E-state index contributed by atoms with van der Waals surface area (Å²) in [7, 11) is 3.20. The van der Waals surface area contributed by atoms with Gasteiger partial charge in [-0.3, -0.25) is 9.69 Å². The van der Waals surface area contributed by atoms with Crippen molar-refractivity contribution in [2.45, 2.75) is 38.9 Å². The van der Waals surface area contributed by atoms with Crippen LogP contribution in [0.25, 0.3) is 0 Å². The predicted octanol–water partition coefficient (Wildman–Crippen LogP) is 5.11. The van der Waals surface area contributed by atoms with Crippen LogP contribution in [0.4, 0.5) is 13.2 Å². The zero-order valence-electron chi connectivity index (χ0n) is 19.2. The molecule has 0 spiro atoms. The van der Waals surface area contributed by atoms with Gasteiger partial charge in [0.1, 0.15) is 11.5 Å². The van der Waals surface area contributed by atoms with Gasteiger partial charge in [0.2, 0.25) is 0 Å². The Morgan fingerprint density at radius 1 is 1.00 bits per heavy atom. The standard InChI is InChI=1S/C25H30F3NO4/c1-4-33-23(30)24(16-18-6-5-7-20(12-18)25(26,27)28)8-10-29(11-9-24)17-19-13-21(31-2)15-22(14-19)32-3/h5-7,12-15H,4,8-11,16-17H2,1-3H3. The minimum atomic E-state index is -4.42. The molecular formula is C25H30F3NO4. The maximum atomic E-state index is 13.2. The maximum absolute atomic E-state index is 13.2. The molecule has 8 heteroatoms. The molecule has 0 saturated carbocycles. The van der Waals surface area contributed by atoms with Gasteiger partial charge in [-0.1, -0.05) is 18.2 Å². The van der Waals surface area contributed by atoms with E-state index in [9.17, 15) is 18.0 Å². The largest absolute Gasteiger partial charge is 0.497 e. The van der Waals surface area contributed by atoms with Crippen LogP contribution in [0.1, 0.15) is 36.5 Å². The molecule has 1 fully saturated rings. The second kappa shape index (κ2) is 10.5. The molecule has 1 heterocycles. The molecule has 0 amide bonds. The number of alkyl halides is 3.